The minimum atomic E-state index is -3.67. The van der Waals surface area contributed by atoms with Crippen LogP contribution in [-0.2, 0) is 26.7 Å². The van der Waals surface area contributed by atoms with Gasteiger partial charge in [0.15, 0.2) is 11.5 Å². The van der Waals surface area contributed by atoms with Crippen molar-refractivity contribution in [3.63, 3.8) is 0 Å². The lowest BCUT2D eigenvalue weighted by Crippen LogP contribution is -2.28. The van der Waals surface area contributed by atoms with Crippen LogP contribution in [-0.4, -0.2) is 37.6 Å². The highest BCUT2D eigenvalue weighted by Gasteiger charge is 2.51. The molecule has 0 atom stereocenters. The molecule has 1 amide bonds. The van der Waals surface area contributed by atoms with Gasteiger partial charge in [-0.15, -0.1) is 0 Å². The summed E-state index contributed by atoms with van der Waals surface area (Å²) in [7, 11) is -3.67. The van der Waals surface area contributed by atoms with Gasteiger partial charge in [0, 0.05) is 30.4 Å². The summed E-state index contributed by atoms with van der Waals surface area (Å²) >= 11 is 0. The van der Waals surface area contributed by atoms with E-state index in [9.17, 15) is 13.2 Å². The van der Waals surface area contributed by atoms with Crippen LogP contribution in [0.2, 0.25) is 0 Å². The van der Waals surface area contributed by atoms with Crippen molar-refractivity contribution in [2.75, 3.05) is 18.7 Å². The maximum atomic E-state index is 13.3. The van der Waals surface area contributed by atoms with Crippen LogP contribution < -0.4 is 19.5 Å². The average molecular weight is 543 g/mol. The highest BCUT2D eigenvalue weighted by atomic mass is 32.2. The Morgan fingerprint density at radius 3 is 2.51 bits per heavy atom. The molecule has 10 heteroatoms. The van der Waals surface area contributed by atoms with Gasteiger partial charge < -0.3 is 14.8 Å². The van der Waals surface area contributed by atoms with Crippen molar-refractivity contribution in [1.29, 1.82) is 0 Å². The van der Waals surface area contributed by atoms with Crippen molar-refractivity contribution in [2.45, 2.75) is 29.6 Å². The van der Waals surface area contributed by atoms with E-state index in [1.54, 1.807) is 36.5 Å². The molecule has 2 N–H and O–H groups in total. The molecule has 2 aromatic carbocycles. The van der Waals surface area contributed by atoms with E-state index in [1.807, 2.05) is 48.5 Å². The Labute approximate surface area is 226 Å². The standard InChI is InChI=1S/C29H26N4O5S/c34-28(29(14-15-29)21-9-12-25-26(18-21)38-19-37-25)33-27-6-3-5-24(32-27)20-7-10-23(11-8-20)39(35,36)31-17-13-22-4-1-2-16-30-22/h1-12,16,18,31H,13-15,17,19H2,(H,32,33,34). The van der Waals surface area contributed by atoms with Crippen LogP contribution >= 0.6 is 0 Å². The van der Waals surface area contributed by atoms with Gasteiger partial charge in [-0.25, -0.2) is 18.1 Å². The molecule has 198 valence electrons. The second-order valence-corrected chi connectivity index (χ2v) is 11.3. The summed E-state index contributed by atoms with van der Waals surface area (Å²) in [5.74, 6) is 1.64. The zero-order valence-electron chi connectivity index (χ0n) is 21.0. The Hall–Kier alpha value is -4.28. The second kappa shape index (κ2) is 10.1. The third kappa shape index (κ3) is 5.21. The largest absolute Gasteiger partial charge is 0.454 e. The van der Waals surface area contributed by atoms with Gasteiger partial charge >= 0.3 is 0 Å². The minimum absolute atomic E-state index is 0.121. The summed E-state index contributed by atoms with van der Waals surface area (Å²) in [5, 5.41) is 2.96. The highest BCUT2D eigenvalue weighted by Crippen LogP contribution is 2.51. The number of amides is 1. The molecule has 0 radical (unpaired) electrons. The van der Waals surface area contributed by atoms with Crippen LogP contribution in [0, 0.1) is 0 Å². The molecule has 2 aromatic heterocycles. The number of aromatic nitrogens is 2. The molecule has 9 nitrogen and oxygen atoms in total. The predicted molar refractivity (Wildman–Crippen MR) is 145 cm³/mol. The van der Waals surface area contributed by atoms with Gasteiger partial charge in [-0.2, -0.15) is 0 Å². The molecular formula is C29H26N4O5S. The van der Waals surface area contributed by atoms with E-state index >= 15 is 0 Å². The Balaban J connectivity index is 1.12. The fraction of sp³-hybridized carbons (Fsp3) is 0.207. The molecular weight excluding hydrogens is 516 g/mol. The Kier molecular flexibility index (Phi) is 6.49. The first-order chi connectivity index (χ1) is 18.9. The number of ether oxygens (including phenoxy) is 2. The number of nitrogens with zero attached hydrogens (tertiary/aromatic N) is 2. The smallest absolute Gasteiger partial charge is 0.240 e. The lowest BCUT2D eigenvalue weighted by molar-refractivity contribution is -0.118. The number of hydrogen-bond acceptors (Lipinski definition) is 7. The van der Waals surface area contributed by atoms with Gasteiger partial charge in [0.1, 0.15) is 5.82 Å². The molecule has 0 saturated heterocycles. The number of nitrogens with one attached hydrogen (secondary N) is 2. The topological polar surface area (TPSA) is 120 Å². The molecule has 0 unspecified atom stereocenters. The van der Waals surface area contributed by atoms with E-state index < -0.39 is 15.4 Å². The van der Waals surface area contributed by atoms with Crippen LogP contribution in [0.3, 0.4) is 0 Å². The molecule has 1 aliphatic carbocycles. The van der Waals surface area contributed by atoms with Gasteiger partial charge in [0.05, 0.1) is 16.0 Å². The van der Waals surface area contributed by atoms with Gasteiger partial charge in [-0.1, -0.05) is 30.3 Å². The molecule has 1 fully saturated rings. The number of carbonyl (C=O) groups excluding carboxylic acids is 1. The number of anilines is 1. The van der Waals surface area contributed by atoms with E-state index in [1.165, 1.54) is 0 Å². The zero-order valence-corrected chi connectivity index (χ0v) is 21.8. The Morgan fingerprint density at radius 1 is 0.923 bits per heavy atom. The SMILES string of the molecule is O=C(Nc1cccc(-c2ccc(S(=O)(=O)NCCc3ccccn3)cc2)n1)C1(c2ccc3c(c2)OCO3)CC1. The number of pyridine rings is 2. The van der Waals surface area contributed by atoms with E-state index in [2.05, 4.69) is 20.0 Å². The van der Waals surface area contributed by atoms with Crippen LogP contribution in [0.15, 0.2) is 90.0 Å². The fourth-order valence-corrected chi connectivity index (χ4v) is 5.65. The molecule has 2 aliphatic rings. The molecule has 0 bridgehead atoms. The second-order valence-electron chi connectivity index (χ2n) is 9.51. The van der Waals surface area contributed by atoms with Crippen molar-refractivity contribution >= 4 is 21.7 Å². The van der Waals surface area contributed by atoms with E-state index in [4.69, 9.17) is 9.47 Å². The normalized spacial score (nSPS) is 15.1. The van der Waals surface area contributed by atoms with E-state index in [0.717, 1.165) is 29.7 Å². The third-order valence-electron chi connectivity index (χ3n) is 6.96. The first-order valence-electron chi connectivity index (χ1n) is 12.6. The predicted octanol–water partition coefficient (Wildman–Crippen LogP) is 4.06. The highest BCUT2D eigenvalue weighted by molar-refractivity contribution is 7.89. The van der Waals surface area contributed by atoms with Crippen LogP contribution in [0.4, 0.5) is 5.82 Å². The molecule has 1 saturated carbocycles. The minimum Gasteiger partial charge on any atom is -0.454 e. The monoisotopic (exact) mass is 542 g/mol. The average Bonchev–Trinajstić information content (AvgIpc) is 3.64. The Morgan fingerprint density at radius 2 is 1.74 bits per heavy atom. The third-order valence-corrected chi connectivity index (χ3v) is 8.44. The maximum Gasteiger partial charge on any atom is 0.240 e. The molecule has 3 heterocycles. The first-order valence-corrected chi connectivity index (χ1v) is 14.1. The maximum absolute atomic E-state index is 13.3. The number of sulfonamides is 1. The summed E-state index contributed by atoms with van der Waals surface area (Å²) < 4.78 is 38.9. The Bertz CT molecular complexity index is 1620. The lowest BCUT2D eigenvalue weighted by Gasteiger charge is -2.16. The van der Waals surface area contributed by atoms with Crippen molar-refractivity contribution in [2.24, 2.45) is 0 Å². The summed E-state index contributed by atoms with van der Waals surface area (Å²) in [4.78, 5) is 22.2. The molecule has 39 heavy (non-hydrogen) atoms. The molecule has 0 spiro atoms. The van der Waals surface area contributed by atoms with Crippen molar-refractivity contribution < 1.29 is 22.7 Å². The van der Waals surface area contributed by atoms with Gasteiger partial charge in [-0.05, 0) is 66.9 Å². The summed E-state index contributed by atoms with van der Waals surface area (Å²) in [5.41, 5.74) is 2.45. The summed E-state index contributed by atoms with van der Waals surface area (Å²) in [6, 6.07) is 23.0. The van der Waals surface area contributed by atoms with Gasteiger partial charge in [-0.3, -0.25) is 9.78 Å². The zero-order chi connectivity index (χ0) is 26.9. The van der Waals surface area contributed by atoms with Gasteiger partial charge in [0.2, 0.25) is 22.7 Å². The van der Waals surface area contributed by atoms with Crippen LogP contribution in [0.25, 0.3) is 11.3 Å². The number of carbonyl (C=O) groups is 1. The molecule has 6 rings (SSSR count). The summed E-state index contributed by atoms with van der Waals surface area (Å²) in [6.45, 7) is 0.433. The van der Waals surface area contributed by atoms with Crippen molar-refractivity contribution in [1.82, 2.24) is 14.7 Å². The fourth-order valence-electron chi connectivity index (χ4n) is 4.61. The van der Waals surface area contributed by atoms with E-state index in [-0.39, 0.29) is 24.1 Å². The number of fused-ring (bicyclic) bond motifs is 1. The quantitative estimate of drug-likeness (QED) is 0.327. The van der Waals surface area contributed by atoms with Crippen molar-refractivity contribution in [3.8, 4) is 22.8 Å². The van der Waals surface area contributed by atoms with Crippen LogP contribution in [0.5, 0.6) is 11.5 Å². The van der Waals surface area contributed by atoms with E-state index in [0.29, 0.717) is 29.4 Å². The first kappa shape index (κ1) is 25.0. The number of rotatable bonds is 9. The number of hydrogen-bond donors (Lipinski definition) is 2. The molecule has 1 aliphatic heterocycles. The number of benzene rings is 2. The van der Waals surface area contributed by atoms with Gasteiger partial charge in [0.25, 0.3) is 0 Å². The molecule has 4 aromatic rings. The lowest BCUT2D eigenvalue weighted by atomic mass is 9.94. The van der Waals surface area contributed by atoms with Crippen molar-refractivity contribution in [3.05, 3.63) is 96.3 Å². The van der Waals surface area contributed by atoms with Crippen LogP contribution in [0.1, 0.15) is 24.1 Å². The summed E-state index contributed by atoms with van der Waals surface area (Å²) in [6.07, 6.45) is 3.66.